The third-order valence-electron chi connectivity index (χ3n) is 4.32. The molecule has 1 aliphatic rings. The average molecular weight is 352 g/mol. The number of nitrogens with one attached hydrogen (secondary N) is 2. The number of rotatable bonds is 3. The number of likely N-dealkylation sites (tertiary alicyclic amines) is 1. The van der Waals surface area contributed by atoms with Gasteiger partial charge in [0.15, 0.2) is 5.82 Å². The Hall–Kier alpha value is -2.25. The number of ether oxygens (including phenoxy) is 1. The van der Waals surface area contributed by atoms with E-state index in [-0.39, 0.29) is 18.0 Å². The first kappa shape index (κ1) is 19.1. The topological polar surface area (TPSA) is 96.7 Å². The Bertz CT molecular complexity index is 582. The molecular formula is C17H28N4O4. The third-order valence-corrected chi connectivity index (χ3v) is 4.32. The smallest absolute Gasteiger partial charge is 0.407 e. The maximum Gasteiger partial charge on any atom is 0.407 e. The van der Waals surface area contributed by atoms with Crippen LogP contribution in [0.3, 0.4) is 0 Å². The molecule has 1 aliphatic heterocycles. The molecular weight excluding hydrogens is 324 g/mol. The van der Waals surface area contributed by atoms with E-state index in [1.165, 1.54) is 6.26 Å². The van der Waals surface area contributed by atoms with E-state index < -0.39 is 11.7 Å². The van der Waals surface area contributed by atoms with Gasteiger partial charge in [0.1, 0.15) is 11.9 Å². The van der Waals surface area contributed by atoms with E-state index in [2.05, 4.69) is 22.7 Å². The quantitative estimate of drug-likeness (QED) is 0.871. The molecule has 0 saturated carbocycles. The summed E-state index contributed by atoms with van der Waals surface area (Å²) in [5, 5.41) is 9.23. The minimum absolute atomic E-state index is 0.111. The van der Waals surface area contributed by atoms with Crippen LogP contribution in [0.15, 0.2) is 16.9 Å². The van der Waals surface area contributed by atoms with Crippen molar-refractivity contribution in [1.82, 2.24) is 15.4 Å². The van der Waals surface area contributed by atoms with Crippen molar-refractivity contribution in [3.05, 3.63) is 12.3 Å². The van der Waals surface area contributed by atoms with Gasteiger partial charge >= 0.3 is 12.1 Å². The van der Waals surface area contributed by atoms with E-state index in [9.17, 15) is 9.59 Å². The average Bonchev–Trinajstić information content (AvgIpc) is 2.97. The highest BCUT2D eigenvalue weighted by molar-refractivity contribution is 5.88. The Morgan fingerprint density at radius 2 is 2.12 bits per heavy atom. The van der Waals surface area contributed by atoms with Gasteiger partial charge < -0.3 is 19.5 Å². The largest absolute Gasteiger partial charge is 0.444 e. The maximum atomic E-state index is 12.5. The van der Waals surface area contributed by atoms with Gasteiger partial charge in [-0.15, -0.1) is 0 Å². The van der Waals surface area contributed by atoms with Gasteiger partial charge in [0.2, 0.25) is 0 Å². The van der Waals surface area contributed by atoms with Gasteiger partial charge in [-0.05, 0) is 46.0 Å². The Morgan fingerprint density at radius 3 is 2.72 bits per heavy atom. The molecule has 1 aromatic heterocycles. The summed E-state index contributed by atoms with van der Waals surface area (Å²) in [5.41, 5.74) is -0.527. The molecule has 0 bridgehead atoms. The molecule has 8 heteroatoms. The van der Waals surface area contributed by atoms with E-state index in [1.54, 1.807) is 11.0 Å². The SMILES string of the molecule is CC1CC(C)N(C(=O)Nc2ccon2)CC1CNC(=O)OC(C)(C)C. The molecule has 0 spiro atoms. The minimum Gasteiger partial charge on any atom is -0.444 e. The standard InChI is InChI=1S/C17H28N4O4/c1-11-8-12(2)21(15(22)19-14-6-7-24-20-14)10-13(11)9-18-16(23)25-17(3,4)5/h6-7,11-13H,8-10H2,1-5H3,(H,18,23)(H,19,20,22). The van der Waals surface area contributed by atoms with Crippen molar-refractivity contribution in [2.75, 3.05) is 18.4 Å². The number of amides is 3. The second-order valence-corrected chi connectivity index (χ2v) is 7.67. The number of alkyl carbamates (subject to hydrolysis) is 1. The van der Waals surface area contributed by atoms with Gasteiger partial charge in [-0.25, -0.2) is 9.59 Å². The van der Waals surface area contributed by atoms with Gasteiger partial charge in [-0.1, -0.05) is 12.1 Å². The van der Waals surface area contributed by atoms with Crippen LogP contribution in [0, 0.1) is 11.8 Å². The van der Waals surface area contributed by atoms with E-state index >= 15 is 0 Å². The van der Waals surface area contributed by atoms with E-state index in [4.69, 9.17) is 9.26 Å². The lowest BCUT2D eigenvalue weighted by atomic mass is 9.83. The van der Waals surface area contributed by atoms with Crippen LogP contribution in [-0.2, 0) is 4.74 Å². The monoisotopic (exact) mass is 352 g/mol. The van der Waals surface area contributed by atoms with Crippen molar-refractivity contribution >= 4 is 17.9 Å². The molecule has 1 saturated heterocycles. The highest BCUT2D eigenvalue weighted by atomic mass is 16.6. The molecule has 2 rings (SSSR count). The number of hydrogen-bond donors (Lipinski definition) is 2. The van der Waals surface area contributed by atoms with Crippen molar-refractivity contribution in [2.24, 2.45) is 11.8 Å². The number of anilines is 1. The van der Waals surface area contributed by atoms with Gasteiger partial charge in [0.25, 0.3) is 0 Å². The van der Waals surface area contributed by atoms with E-state index in [0.29, 0.717) is 24.8 Å². The first-order valence-electron chi connectivity index (χ1n) is 8.60. The van der Waals surface area contributed by atoms with Crippen molar-refractivity contribution in [3.63, 3.8) is 0 Å². The second-order valence-electron chi connectivity index (χ2n) is 7.67. The molecule has 0 radical (unpaired) electrons. The van der Waals surface area contributed by atoms with Crippen molar-refractivity contribution < 1.29 is 18.8 Å². The zero-order valence-corrected chi connectivity index (χ0v) is 15.5. The van der Waals surface area contributed by atoms with Crippen LogP contribution in [0.2, 0.25) is 0 Å². The molecule has 0 aromatic carbocycles. The van der Waals surface area contributed by atoms with Crippen LogP contribution in [0.5, 0.6) is 0 Å². The normalized spacial score (nSPS) is 23.9. The fraction of sp³-hybridized carbons (Fsp3) is 0.706. The number of hydrogen-bond acceptors (Lipinski definition) is 5. The second kappa shape index (κ2) is 7.76. The number of carbonyl (C=O) groups excluding carboxylic acids is 2. The predicted molar refractivity (Wildman–Crippen MR) is 93.2 cm³/mol. The molecule has 8 nitrogen and oxygen atoms in total. The van der Waals surface area contributed by atoms with Crippen LogP contribution in [0.4, 0.5) is 15.4 Å². The van der Waals surface area contributed by atoms with Crippen LogP contribution in [0.25, 0.3) is 0 Å². The van der Waals surface area contributed by atoms with E-state index in [1.807, 2.05) is 27.7 Å². The van der Waals surface area contributed by atoms with Crippen LogP contribution in [0.1, 0.15) is 41.0 Å². The number of urea groups is 1. The van der Waals surface area contributed by atoms with Gasteiger partial charge in [0.05, 0.1) is 0 Å². The summed E-state index contributed by atoms with van der Waals surface area (Å²) in [5.74, 6) is 0.937. The van der Waals surface area contributed by atoms with Crippen LogP contribution >= 0.6 is 0 Å². The number of carbonyl (C=O) groups is 2. The summed E-state index contributed by atoms with van der Waals surface area (Å²) in [7, 11) is 0. The molecule has 0 aliphatic carbocycles. The molecule has 3 amide bonds. The Kier molecular flexibility index (Phi) is 5.92. The molecule has 2 heterocycles. The predicted octanol–water partition coefficient (Wildman–Crippen LogP) is 3.08. The Labute approximate surface area is 148 Å². The first-order valence-corrected chi connectivity index (χ1v) is 8.60. The molecule has 3 unspecified atom stereocenters. The lowest BCUT2D eigenvalue weighted by Crippen LogP contribution is -2.52. The van der Waals surface area contributed by atoms with Gasteiger partial charge in [-0.3, -0.25) is 5.32 Å². The molecule has 140 valence electrons. The van der Waals surface area contributed by atoms with Gasteiger partial charge in [0, 0.05) is 25.2 Å². The number of aromatic nitrogens is 1. The molecule has 3 atom stereocenters. The highest BCUT2D eigenvalue weighted by Crippen LogP contribution is 2.28. The summed E-state index contributed by atoms with van der Waals surface area (Å²) < 4.78 is 10.00. The lowest BCUT2D eigenvalue weighted by Gasteiger charge is -2.41. The summed E-state index contributed by atoms with van der Waals surface area (Å²) in [6, 6.07) is 1.49. The zero-order valence-electron chi connectivity index (χ0n) is 15.5. The first-order chi connectivity index (χ1) is 11.7. The maximum absolute atomic E-state index is 12.5. The Balaban J connectivity index is 1.91. The van der Waals surface area contributed by atoms with Crippen molar-refractivity contribution in [3.8, 4) is 0 Å². The van der Waals surface area contributed by atoms with Crippen molar-refractivity contribution in [1.29, 1.82) is 0 Å². The highest BCUT2D eigenvalue weighted by Gasteiger charge is 2.34. The number of piperidine rings is 1. The minimum atomic E-state index is -0.527. The van der Waals surface area contributed by atoms with Crippen molar-refractivity contribution in [2.45, 2.75) is 52.7 Å². The third kappa shape index (κ3) is 5.65. The zero-order chi connectivity index (χ0) is 18.6. The Morgan fingerprint density at radius 1 is 1.40 bits per heavy atom. The summed E-state index contributed by atoms with van der Waals surface area (Å²) in [6.45, 7) is 10.7. The summed E-state index contributed by atoms with van der Waals surface area (Å²) >= 11 is 0. The summed E-state index contributed by atoms with van der Waals surface area (Å²) in [4.78, 5) is 26.1. The summed E-state index contributed by atoms with van der Waals surface area (Å²) in [6.07, 6.45) is 1.84. The molecule has 25 heavy (non-hydrogen) atoms. The van der Waals surface area contributed by atoms with Crippen LogP contribution < -0.4 is 10.6 Å². The lowest BCUT2D eigenvalue weighted by molar-refractivity contribution is 0.0487. The number of nitrogens with zero attached hydrogens (tertiary/aromatic N) is 2. The molecule has 1 fully saturated rings. The van der Waals surface area contributed by atoms with Gasteiger partial charge in [-0.2, -0.15) is 0 Å². The molecule has 2 N–H and O–H groups in total. The fourth-order valence-corrected chi connectivity index (χ4v) is 3.01. The van der Waals surface area contributed by atoms with Crippen LogP contribution in [-0.4, -0.2) is 46.9 Å². The fourth-order valence-electron chi connectivity index (χ4n) is 3.01. The van der Waals surface area contributed by atoms with E-state index in [0.717, 1.165) is 6.42 Å². The molecule has 1 aromatic rings.